The first kappa shape index (κ1) is 13.4. The van der Waals surface area contributed by atoms with Crippen molar-refractivity contribution in [1.29, 1.82) is 0 Å². The number of nitrogens with zero attached hydrogens (tertiary/aromatic N) is 1. The Labute approximate surface area is 111 Å². The Kier molecular flexibility index (Phi) is 4.28. The minimum absolute atomic E-state index is 0.241. The first-order valence-corrected chi connectivity index (χ1v) is 7.20. The summed E-state index contributed by atoms with van der Waals surface area (Å²) in [4.78, 5) is 2.52. The zero-order valence-electron chi connectivity index (χ0n) is 11.9. The molecule has 1 fully saturated rings. The molecule has 100 valence electrons. The molecule has 0 amide bonds. The van der Waals surface area contributed by atoms with E-state index in [4.69, 9.17) is 5.73 Å². The van der Waals surface area contributed by atoms with Crippen LogP contribution in [-0.2, 0) is 6.42 Å². The van der Waals surface area contributed by atoms with Gasteiger partial charge in [-0.15, -0.1) is 0 Å². The molecule has 1 heterocycles. The molecule has 0 spiro atoms. The van der Waals surface area contributed by atoms with Gasteiger partial charge in [0, 0.05) is 24.8 Å². The van der Waals surface area contributed by atoms with Crippen molar-refractivity contribution >= 4 is 5.69 Å². The lowest BCUT2D eigenvalue weighted by Gasteiger charge is -2.20. The third kappa shape index (κ3) is 3.05. The van der Waals surface area contributed by atoms with E-state index < -0.39 is 0 Å². The van der Waals surface area contributed by atoms with Gasteiger partial charge in [-0.05, 0) is 55.9 Å². The maximum absolute atomic E-state index is 5.88. The summed E-state index contributed by atoms with van der Waals surface area (Å²) in [7, 11) is 0. The van der Waals surface area contributed by atoms with Crippen molar-refractivity contribution in [3.05, 3.63) is 29.3 Å². The number of hydrogen-bond acceptors (Lipinski definition) is 2. The molecule has 0 saturated carbocycles. The van der Waals surface area contributed by atoms with E-state index in [0.29, 0.717) is 0 Å². The van der Waals surface area contributed by atoms with Crippen LogP contribution in [0, 0.1) is 12.8 Å². The molecule has 1 aliphatic rings. The number of rotatable bonds is 4. The quantitative estimate of drug-likeness (QED) is 0.884. The molecule has 18 heavy (non-hydrogen) atoms. The molecule has 0 aromatic heterocycles. The predicted molar refractivity (Wildman–Crippen MR) is 79.1 cm³/mol. The van der Waals surface area contributed by atoms with Gasteiger partial charge in [0.2, 0.25) is 0 Å². The molecular weight excluding hydrogens is 220 g/mol. The van der Waals surface area contributed by atoms with Crippen LogP contribution in [0.4, 0.5) is 5.69 Å². The second-order valence-corrected chi connectivity index (χ2v) is 5.80. The Morgan fingerprint density at radius 2 is 2.22 bits per heavy atom. The number of nitrogens with two attached hydrogens (primary N) is 1. The summed E-state index contributed by atoms with van der Waals surface area (Å²) in [5.41, 5.74) is 10.0. The van der Waals surface area contributed by atoms with Crippen LogP contribution < -0.4 is 10.6 Å². The third-order valence-corrected chi connectivity index (χ3v) is 4.10. The molecule has 0 radical (unpaired) electrons. The Hall–Kier alpha value is -1.02. The predicted octanol–water partition coefficient (Wildman–Crippen LogP) is 3.12. The summed E-state index contributed by atoms with van der Waals surface area (Å²) in [6.07, 6.45) is 3.62. The molecular formula is C16H26N2. The number of anilines is 1. The summed E-state index contributed by atoms with van der Waals surface area (Å²) in [5.74, 6) is 0.883. The summed E-state index contributed by atoms with van der Waals surface area (Å²) in [6, 6.07) is 7.09. The highest BCUT2D eigenvalue weighted by Gasteiger charge is 2.21. The van der Waals surface area contributed by atoms with E-state index in [0.717, 1.165) is 12.3 Å². The van der Waals surface area contributed by atoms with Crippen molar-refractivity contribution in [3.63, 3.8) is 0 Å². The molecule has 1 aromatic carbocycles. The average molecular weight is 246 g/mol. The lowest BCUT2D eigenvalue weighted by Crippen LogP contribution is -2.21. The molecule has 2 nitrogen and oxygen atoms in total. The standard InChI is InChI=1S/C16H26N2/c1-4-14-7-8-18(11-14)16-6-5-15(10-13(3)17)12(2)9-16/h5-6,9,13-14H,4,7-8,10-11,17H2,1-3H3. The Morgan fingerprint density at radius 1 is 1.44 bits per heavy atom. The Balaban J connectivity index is 2.09. The van der Waals surface area contributed by atoms with Crippen LogP contribution in [0.25, 0.3) is 0 Å². The van der Waals surface area contributed by atoms with Crippen LogP contribution in [0.3, 0.4) is 0 Å². The van der Waals surface area contributed by atoms with Crippen molar-refractivity contribution in [2.24, 2.45) is 11.7 Å². The van der Waals surface area contributed by atoms with Crippen LogP contribution in [0.1, 0.15) is 37.8 Å². The molecule has 0 aliphatic carbocycles. The largest absolute Gasteiger partial charge is 0.371 e. The van der Waals surface area contributed by atoms with E-state index in [1.165, 1.54) is 42.7 Å². The SMILES string of the molecule is CCC1CCN(c2ccc(CC(C)N)c(C)c2)C1. The van der Waals surface area contributed by atoms with Gasteiger partial charge in [-0.2, -0.15) is 0 Å². The zero-order chi connectivity index (χ0) is 13.1. The van der Waals surface area contributed by atoms with E-state index in [-0.39, 0.29) is 6.04 Å². The molecule has 1 saturated heterocycles. The Morgan fingerprint density at radius 3 is 2.78 bits per heavy atom. The maximum atomic E-state index is 5.88. The topological polar surface area (TPSA) is 29.3 Å². The van der Waals surface area contributed by atoms with E-state index in [9.17, 15) is 0 Å². The minimum atomic E-state index is 0.241. The summed E-state index contributed by atoms with van der Waals surface area (Å²) < 4.78 is 0. The van der Waals surface area contributed by atoms with Gasteiger partial charge in [0.25, 0.3) is 0 Å². The van der Waals surface area contributed by atoms with Gasteiger partial charge in [0.1, 0.15) is 0 Å². The molecule has 1 aliphatic heterocycles. The average Bonchev–Trinajstić information content (AvgIpc) is 2.80. The van der Waals surface area contributed by atoms with E-state index in [2.05, 4.69) is 43.9 Å². The van der Waals surface area contributed by atoms with Crippen molar-refractivity contribution in [1.82, 2.24) is 0 Å². The van der Waals surface area contributed by atoms with Crippen molar-refractivity contribution < 1.29 is 0 Å². The molecule has 2 rings (SSSR count). The van der Waals surface area contributed by atoms with E-state index >= 15 is 0 Å². The lowest BCUT2D eigenvalue weighted by atomic mass is 10.0. The maximum Gasteiger partial charge on any atom is 0.0369 e. The highest BCUT2D eigenvalue weighted by atomic mass is 15.1. The fourth-order valence-electron chi connectivity index (χ4n) is 2.85. The first-order valence-electron chi connectivity index (χ1n) is 7.20. The highest BCUT2D eigenvalue weighted by Crippen LogP contribution is 2.27. The van der Waals surface area contributed by atoms with Gasteiger partial charge >= 0.3 is 0 Å². The zero-order valence-corrected chi connectivity index (χ0v) is 11.9. The molecule has 2 N–H and O–H groups in total. The van der Waals surface area contributed by atoms with Crippen LogP contribution in [0.15, 0.2) is 18.2 Å². The van der Waals surface area contributed by atoms with Crippen LogP contribution >= 0.6 is 0 Å². The normalized spacial score (nSPS) is 21.3. The van der Waals surface area contributed by atoms with Gasteiger partial charge in [0.05, 0.1) is 0 Å². The smallest absolute Gasteiger partial charge is 0.0369 e. The number of aryl methyl sites for hydroxylation is 1. The minimum Gasteiger partial charge on any atom is -0.371 e. The van der Waals surface area contributed by atoms with Crippen LogP contribution in [-0.4, -0.2) is 19.1 Å². The summed E-state index contributed by atoms with van der Waals surface area (Å²) >= 11 is 0. The van der Waals surface area contributed by atoms with Gasteiger partial charge in [0.15, 0.2) is 0 Å². The second kappa shape index (κ2) is 5.75. The fourth-order valence-corrected chi connectivity index (χ4v) is 2.85. The molecule has 2 heteroatoms. The Bertz CT molecular complexity index is 398. The first-order chi connectivity index (χ1) is 8.60. The van der Waals surface area contributed by atoms with Crippen LogP contribution in [0.2, 0.25) is 0 Å². The highest BCUT2D eigenvalue weighted by molar-refractivity contribution is 5.51. The summed E-state index contributed by atoms with van der Waals surface area (Å²) in [6.45, 7) is 9.01. The lowest BCUT2D eigenvalue weighted by molar-refractivity contribution is 0.569. The molecule has 1 aromatic rings. The second-order valence-electron chi connectivity index (χ2n) is 5.80. The summed E-state index contributed by atoms with van der Waals surface area (Å²) in [5, 5.41) is 0. The van der Waals surface area contributed by atoms with Gasteiger partial charge in [-0.3, -0.25) is 0 Å². The van der Waals surface area contributed by atoms with Crippen molar-refractivity contribution in [2.75, 3.05) is 18.0 Å². The van der Waals surface area contributed by atoms with E-state index in [1.807, 2.05) is 0 Å². The van der Waals surface area contributed by atoms with Crippen molar-refractivity contribution in [2.45, 2.75) is 46.1 Å². The van der Waals surface area contributed by atoms with Gasteiger partial charge in [-0.1, -0.05) is 19.4 Å². The van der Waals surface area contributed by atoms with Crippen LogP contribution in [0.5, 0.6) is 0 Å². The molecule has 2 unspecified atom stereocenters. The fraction of sp³-hybridized carbons (Fsp3) is 0.625. The molecule has 0 bridgehead atoms. The number of hydrogen-bond donors (Lipinski definition) is 1. The monoisotopic (exact) mass is 246 g/mol. The molecule has 2 atom stereocenters. The third-order valence-electron chi connectivity index (χ3n) is 4.10. The number of benzene rings is 1. The van der Waals surface area contributed by atoms with Gasteiger partial charge < -0.3 is 10.6 Å². The van der Waals surface area contributed by atoms with Crippen molar-refractivity contribution in [3.8, 4) is 0 Å². The van der Waals surface area contributed by atoms with E-state index in [1.54, 1.807) is 0 Å². The van der Waals surface area contributed by atoms with Gasteiger partial charge in [-0.25, -0.2) is 0 Å².